The number of benzene rings is 1. The second-order valence-corrected chi connectivity index (χ2v) is 5.13. The number of hydrogen-bond acceptors (Lipinski definition) is 5. The Labute approximate surface area is 143 Å². The Morgan fingerprint density at radius 3 is 2.43 bits per heavy atom. The number of rotatable bonds is 7. The van der Waals surface area contributed by atoms with Crippen LogP contribution in [-0.4, -0.2) is 45.4 Å². The average Bonchev–Trinajstić information content (AvgIpc) is 2.51. The Morgan fingerprint density at radius 1 is 1.22 bits per heavy atom. The molecule has 1 aromatic carbocycles. The van der Waals surface area contributed by atoms with Crippen LogP contribution in [0.1, 0.15) is 12.0 Å². The first-order chi connectivity index (χ1) is 11.0. The quantitative estimate of drug-likeness (QED) is 0.334. The first kappa shape index (κ1) is 19.2. The van der Waals surface area contributed by atoms with Gasteiger partial charge in [-0.2, -0.15) is 5.10 Å². The highest BCUT2D eigenvalue weighted by Crippen LogP contribution is 2.33. The van der Waals surface area contributed by atoms with Crippen LogP contribution in [0, 0.1) is 0 Å². The minimum absolute atomic E-state index is 0.309. The van der Waals surface area contributed by atoms with Crippen molar-refractivity contribution in [1.82, 2.24) is 10.7 Å². The molecule has 0 saturated carbocycles. The molecule has 0 unspecified atom stereocenters. The van der Waals surface area contributed by atoms with Crippen molar-refractivity contribution >= 4 is 41.2 Å². The molecule has 1 aromatic rings. The fourth-order valence-corrected chi connectivity index (χ4v) is 2.22. The molecule has 0 radical (unpaired) electrons. The van der Waals surface area contributed by atoms with E-state index in [1.165, 1.54) is 13.3 Å². The summed E-state index contributed by atoms with van der Waals surface area (Å²) in [7, 11) is 3.01. The van der Waals surface area contributed by atoms with Gasteiger partial charge in [-0.3, -0.25) is 9.59 Å². The Bertz CT molecular complexity index is 570. The smallest absolute Gasteiger partial charge is 0.329 e. The van der Waals surface area contributed by atoms with Gasteiger partial charge in [0.2, 0.25) is 0 Å². The molecule has 0 saturated heterocycles. The third-order valence-electron chi connectivity index (χ3n) is 2.62. The van der Waals surface area contributed by atoms with E-state index >= 15 is 0 Å². The summed E-state index contributed by atoms with van der Waals surface area (Å²) in [5.74, 6) is -1.29. The Hall–Kier alpha value is -1.83. The van der Waals surface area contributed by atoms with E-state index in [0.717, 1.165) is 0 Å². The van der Waals surface area contributed by atoms with Crippen molar-refractivity contribution in [3.05, 3.63) is 27.7 Å². The SMILES string of the molecule is COCCCNC(=O)C(=O)N/N=C\c1cc(Cl)c(OC)c(Cl)c1. The molecule has 126 valence electrons. The zero-order valence-corrected chi connectivity index (χ0v) is 14.2. The molecule has 7 nitrogen and oxygen atoms in total. The van der Waals surface area contributed by atoms with Gasteiger partial charge in [-0.15, -0.1) is 0 Å². The zero-order chi connectivity index (χ0) is 17.2. The van der Waals surface area contributed by atoms with E-state index in [4.69, 9.17) is 32.7 Å². The van der Waals surface area contributed by atoms with Crippen LogP contribution >= 0.6 is 23.2 Å². The lowest BCUT2D eigenvalue weighted by Gasteiger charge is -2.06. The molecule has 0 heterocycles. The number of amides is 2. The Morgan fingerprint density at radius 2 is 1.87 bits per heavy atom. The van der Waals surface area contributed by atoms with E-state index in [2.05, 4.69) is 15.8 Å². The second-order valence-electron chi connectivity index (χ2n) is 4.32. The first-order valence-corrected chi connectivity index (χ1v) is 7.38. The van der Waals surface area contributed by atoms with Crippen LogP contribution in [0.5, 0.6) is 5.75 Å². The lowest BCUT2D eigenvalue weighted by Crippen LogP contribution is -2.38. The van der Waals surface area contributed by atoms with Crippen LogP contribution in [-0.2, 0) is 14.3 Å². The molecule has 9 heteroatoms. The number of methoxy groups -OCH3 is 2. The molecule has 2 N–H and O–H groups in total. The molecule has 0 bridgehead atoms. The van der Waals surface area contributed by atoms with Crippen LogP contribution in [0.25, 0.3) is 0 Å². The van der Waals surface area contributed by atoms with Gasteiger partial charge in [0.1, 0.15) is 0 Å². The molecule has 0 fully saturated rings. The monoisotopic (exact) mass is 361 g/mol. The summed E-state index contributed by atoms with van der Waals surface area (Å²) in [4.78, 5) is 22.9. The van der Waals surface area contributed by atoms with Crippen LogP contribution < -0.4 is 15.5 Å². The summed E-state index contributed by atoms with van der Waals surface area (Å²) in [6, 6.07) is 3.12. The van der Waals surface area contributed by atoms with E-state index in [1.54, 1.807) is 19.2 Å². The van der Waals surface area contributed by atoms with Crippen molar-refractivity contribution in [3.8, 4) is 5.75 Å². The van der Waals surface area contributed by atoms with Gasteiger partial charge in [-0.25, -0.2) is 5.43 Å². The number of carbonyl (C=O) groups is 2. The number of carbonyl (C=O) groups excluding carboxylic acids is 2. The lowest BCUT2D eigenvalue weighted by atomic mass is 10.2. The fraction of sp³-hybridized carbons (Fsp3) is 0.357. The highest BCUT2D eigenvalue weighted by molar-refractivity contribution is 6.37. The first-order valence-electron chi connectivity index (χ1n) is 6.62. The average molecular weight is 362 g/mol. The van der Waals surface area contributed by atoms with Gasteiger partial charge in [-0.05, 0) is 24.1 Å². The van der Waals surface area contributed by atoms with Gasteiger partial charge < -0.3 is 14.8 Å². The van der Waals surface area contributed by atoms with E-state index in [1.807, 2.05) is 0 Å². The van der Waals surface area contributed by atoms with Crippen molar-refractivity contribution in [2.24, 2.45) is 5.10 Å². The van der Waals surface area contributed by atoms with Gasteiger partial charge in [0.25, 0.3) is 0 Å². The third-order valence-corrected chi connectivity index (χ3v) is 3.18. The Balaban J connectivity index is 2.52. The van der Waals surface area contributed by atoms with Crippen molar-refractivity contribution < 1.29 is 19.1 Å². The molecule has 0 aliphatic rings. The molecular formula is C14H17Cl2N3O4. The van der Waals surface area contributed by atoms with E-state index in [-0.39, 0.29) is 0 Å². The molecule has 0 aliphatic carbocycles. The zero-order valence-electron chi connectivity index (χ0n) is 12.7. The van der Waals surface area contributed by atoms with Crippen molar-refractivity contribution in [3.63, 3.8) is 0 Å². The summed E-state index contributed by atoms with van der Waals surface area (Å²) in [5.41, 5.74) is 2.65. The largest absolute Gasteiger partial charge is 0.494 e. The number of hydrazone groups is 1. The summed E-state index contributed by atoms with van der Waals surface area (Å²) in [6.07, 6.45) is 1.93. The molecule has 23 heavy (non-hydrogen) atoms. The summed E-state index contributed by atoms with van der Waals surface area (Å²) in [6.45, 7) is 0.840. The molecule has 0 aliphatic heterocycles. The number of ether oxygens (including phenoxy) is 2. The summed E-state index contributed by atoms with van der Waals surface area (Å²) < 4.78 is 9.85. The van der Waals surface area contributed by atoms with Crippen LogP contribution in [0.4, 0.5) is 0 Å². The maximum absolute atomic E-state index is 11.5. The third kappa shape index (κ3) is 6.43. The van der Waals surface area contributed by atoms with E-state index in [0.29, 0.717) is 40.9 Å². The lowest BCUT2D eigenvalue weighted by molar-refractivity contribution is -0.139. The molecular weight excluding hydrogens is 345 g/mol. The summed E-state index contributed by atoms with van der Waals surface area (Å²) in [5, 5.41) is 6.73. The molecule has 2 amide bonds. The highest BCUT2D eigenvalue weighted by Gasteiger charge is 2.11. The predicted molar refractivity (Wildman–Crippen MR) is 88.3 cm³/mol. The molecule has 1 rings (SSSR count). The molecule has 0 atom stereocenters. The van der Waals surface area contributed by atoms with Crippen molar-refractivity contribution in [2.45, 2.75) is 6.42 Å². The van der Waals surface area contributed by atoms with Crippen LogP contribution in [0.15, 0.2) is 17.2 Å². The van der Waals surface area contributed by atoms with Crippen molar-refractivity contribution in [2.75, 3.05) is 27.4 Å². The summed E-state index contributed by atoms with van der Waals surface area (Å²) >= 11 is 12.0. The van der Waals surface area contributed by atoms with Gasteiger partial charge in [0.05, 0.1) is 23.4 Å². The number of hydrogen-bond donors (Lipinski definition) is 2. The number of halogens is 2. The Kier molecular flexibility index (Phi) is 8.39. The standard InChI is InChI=1S/C14H17Cl2N3O4/c1-22-5-3-4-17-13(20)14(21)19-18-8-9-6-10(15)12(23-2)11(16)7-9/h6-8H,3-5H2,1-2H3,(H,17,20)(H,19,21)/b18-8-. The van der Waals surface area contributed by atoms with Gasteiger partial charge in [-0.1, -0.05) is 23.2 Å². The van der Waals surface area contributed by atoms with Gasteiger partial charge >= 0.3 is 11.8 Å². The van der Waals surface area contributed by atoms with E-state index in [9.17, 15) is 9.59 Å². The van der Waals surface area contributed by atoms with Crippen LogP contribution in [0.2, 0.25) is 10.0 Å². The number of nitrogens with one attached hydrogen (secondary N) is 2. The van der Waals surface area contributed by atoms with Gasteiger partial charge in [0.15, 0.2) is 5.75 Å². The minimum atomic E-state index is -0.871. The molecule has 0 spiro atoms. The highest BCUT2D eigenvalue weighted by atomic mass is 35.5. The maximum Gasteiger partial charge on any atom is 0.329 e. The topological polar surface area (TPSA) is 89.0 Å². The minimum Gasteiger partial charge on any atom is -0.494 e. The normalized spacial score (nSPS) is 10.6. The fourth-order valence-electron chi connectivity index (χ4n) is 1.56. The van der Waals surface area contributed by atoms with E-state index < -0.39 is 11.8 Å². The predicted octanol–water partition coefficient (Wildman–Crippen LogP) is 1.60. The van der Waals surface area contributed by atoms with Crippen molar-refractivity contribution in [1.29, 1.82) is 0 Å². The molecule has 0 aromatic heterocycles. The van der Waals surface area contributed by atoms with Crippen LogP contribution in [0.3, 0.4) is 0 Å². The second kappa shape index (κ2) is 10.0. The van der Waals surface area contributed by atoms with Gasteiger partial charge in [0, 0.05) is 20.3 Å². The number of nitrogens with zero attached hydrogens (tertiary/aromatic N) is 1. The maximum atomic E-state index is 11.5.